The highest BCUT2D eigenvalue weighted by molar-refractivity contribution is 8.00. The SMILES string of the molecule is c1ccc(-n2c3ccccc3n3c4ccc5c6ccccc6n(-c6ccc7c(c6)Sc6cccc8c6B7c6ccccc6[Si]86c7ccccc7B7c8ccccc8Sc8cccc6c87)c5c4nc23)cc1. The van der Waals surface area contributed by atoms with Gasteiger partial charge < -0.3 is 4.57 Å². The second-order valence-corrected chi connectivity index (χ2v) is 25.1. The summed E-state index contributed by atoms with van der Waals surface area (Å²) in [6.45, 7) is 0.315. The number of fused-ring (bicyclic) bond motifs is 21. The second kappa shape index (κ2) is 13.8. The Labute approximate surface area is 413 Å². The van der Waals surface area contributed by atoms with E-state index < -0.39 is 8.07 Å². The summed E-state index contributed by atoms with van der Waals surface area (Å²) in [5.41, 5.74) is 17.7. The van der Waals surface area contributed by atoms with Crippen LogP contribution in [0, 0.1) is 0 Å². The first-order valence-corrected chi connectivity index (χ1v) is 27.8. The first kappa shape index (κ1) is 38.2. The van der Waals surface area contributed by atoms with Crippen LogP contribution in [-0.2, 0) is 0 Å². The number of nitrogens with zero attached hydrogens (tertiary/aromatic N) is 4. The molecule has 0 aliphatic carbocycles. The normalized spacial score (nSPS) is 15.9. The van der Waals surface area contributed by atoms with Gasteiger partial charge in [-0.1, -0.05) is 202 Å². The number of para-hydroxylation sites is 4. The van der Waals surface area contributed by atoms with Gasteiger partial charge in [0.15, 0.2) is 8.07 Å². The zero-order valence-electron chi connectivity index (χ0n) is 37.5. The van der Waals surface area contributed by atoms with Gasteiger partial charge in [-0.05, 0) is 93.5 Å². The third-order valence-electron chi connectivity index (χ3n) is 16.1. The summed E-state index contributed by atoms with van der Waals surface area (Å²) in [7, 11) is -2.84. The van der Waals surface area contributed by atoms with E-state index in [1.54, 1.807) is 10.4 Å². The van der Waals surface area contributed by atoms with E-state index in [1.807, 2.05) is 23.5 Å². The van der Waals surface area contributed by atoms with Gasteiger partial charge in [0.2, 0.25) is 19.2 Å². The van der Waals surface area contributed by atoms with Crippen molar-refractivity contribution >= 4 is 148 Å². The van der Waals surface area contributed by atoms with Gasteiger partial charge in [-0.3, -0.25) is 8.97 Å². The number of aromatic nitrogens is 4. The van der Waals surface area contributed by atoms with Crippen LogP contribution in [0.3, 0.4) is 0 Å². The third-order valence-corrected chi connectivity index (χ3v) is 23.5. The molecule has 17 rings (SSSR count). The molecule has 322 valence electrons. The van der Waals surface area contributed by atoms with E-state index in [1.165, 1.54) is 79.0 Å². The van der Waals surface area contributed by atoms with Crippen molar-refractivity contribution < 1.29 is 0 Å². The van der Waals surface area contributed by atoms with E-state index in [2.05, 4.69) is 232 Å². The number of rotatable bonds is 2. The van der Waals surface area contributed by atoms with Crippen LogP contribution in [0.25, 0.3) is 61.0 Å². The predicted octanol–water partition coefficient (Wildman–Crippen LogP) is 7.49. The molecule has 0 radical (unpaired) electrons. The van der Waals surface area contributed by atoms with Crippen molar-refractivity contribution in [3.05, 3.63) is 218 Å². The maximum absolute atomic E-state index is 5.63. The highest BCUT2D eigenvalue weighted by Crippen LogP contribution is 2.41. The van der Waals surface area contributed by atoms with E-state index in [9.17, 15) is 0 Å². The van der Waals surface area contributed by atoms with Crippen molar-refractivity contribution in [3.8, 4) is 11.4 Å². The molecule has 4 aliphatic rings. The Bertz CT molecular complexity index is 4480. The molecule has 10 aromatic carbocycles. The van der Waals surface area contributed by atoms with Crippen molar-refractivity contribution in [2.75, 3.05) is 0 Å². The molecule has 4 aliphatic heterocycles. The molecule has 7 heterocycles. The highest BCUT2D eigenvalue weighted by atomic mass is 32.2. The van der Waals surface area contributed by atoms with E-state index in [0.717, 1.165) is 44.7 Å². The smallest absolute Gasteiger partial charge is 0.243 e. The molecule has 0 bridgehead atoms. The topological polar surface area (TPSA) is 27.2 Å². The maximum Gasteiger partial charge on any atom is 0.243 e. The van der Waals surface area contributed by atoms with Gasteiger partial charge in [0.25, 0.3) is 0 Å². The van der Waals surface area contributed by atoms with Crippen LogP contribution in [0.5, 0.6) is 0 Å². The van der Waals surface area contributed by atoms with Crippen molar-refractivity contribution in [1.82, 2.24) is 18.5 Å². The Morgan fingerprint density at radius 1 is 0.371 bits per heavy atom. The lowest BCUT2D eigenvalue weighted by atomic mass is 9.36. The molecule has 0 N–H and O–H groups in total. The molecule has 13 aromatic rings. The minimum absolute atomic E-state index is 0.107. The molecule has 1 atom stereocenters. The van der Waals surface area contributed by atoms with Gasteiger partial charge in [-0.15, -0.1) is 0 Å². The van der Waals surface area contributed by atoms with Crippen LogP contribution in [0.4, 0.5) is 0 Å². The van der Waals surface area contributed by atoms with Crippen LogP contribution in [0.2, 0.25) is 0 Å². The van der Waals surface area contributed by atoms with Crippen LogP contribution in [0.1, 0.15) is 0 Å². The monoisotopic (exact) mass is 938 g/mol. The molecule has 0 saturated carbocycles. The molecule has 4 nitrogen and oxygen atoms in total. The molecule has 1 unspecified atom stereocenters. The van der Waals surface area contributed by atoms with E-state index in [0.29, 0.717) is 0 Å². The summed E-state index contributed by atoms with van der Waals surface area (Å²) in [6, 6.07) is 82.9. The van der Waals surface area contributed by atoms with Crippen molar-refractivity contribution in [2.24, 2.45) is 0 Å². The second-order valence-electron chi connectivity index (χ2n) is 19.3. The molecule has 1 spiro atoms. The Morgan fingerprint density at radius 2 is 0.943 bits per heavy atom. The first-order valence-electron chi connectivity index (χ1n) is 24.2. The Balaban J connectivity index is 0.898. The van der Waals surface area contributed by atoms with Crippen molar-refractivity contribution in [3.63, 3.8) is 0 Å². The Morgan fingerprint density at radius 3 is 1.69 bits per heavy atom. The maximum atomic E-state index is 5.63. The summed E-state index contributed by atoms with van der Waals surface area (Å²) in [4.78, 5) is 11.1. The van der Waals surface area contributed by atoms with Gasteiger partial charge in [0.05, 0.1) is 27.6 Å². The van der Waals surface area contributed by atoms with Gasteiger partial charge in [0, 0.05) is 41.7 Å². The summed E-state index contributed by atoms with van der Waals surface area (Å²) < 4.78 is 7.14. The lowest BCUT2D eigenvalue weighted by Crippen LogP contribution is -2.93. The number of hydrogen-bond donors (Lipinski definition) is 0. The molecule has 0 amide bonds. The van der Waals surface area contributed by atoms with E-state index in [-0.39, 0.29) is 13.4 Å². The molecular formula is C61H36B2N4S2Si. The summed E-state index contributed by atoms with van der Waals surface area (Å²) >= 11 is 3.92. The third kappa shape index (κ3) is 4.66. The van der Waals surface area contributed by atoms with E-state index >= 15 is 0 Å². The molecular weight excluding hydrogens is 903 g/mol. The molecule has 0 saturated heterocycles. The minimum Gasteiger partial charge on any atom is -0.307 e. The number of benzene rings is 10. The summed E-state index contributed by atoms with van der Waals surface area (Å²) in [6.07, 6.45) is 0. The van der Waals surface area contributed by atoms with Crippen LogP contribution < -0.4 is 53.5 Å². The van der Waals surface area contributed by atoms with Gasteiger partial charge in [-0.25, -0.2) is 4.98 Å². The van der Waals surface area contributed by atoms with Gasteiger partial charge in [0.1, 0.15) is 5.52 Å². The lowest BCUT2D eigenvalue weighted by Gasteiger charge is -2.50. The highest BCUT2D eigenvalue weighted by Gasteiger charge is 2.57. The first-order chi connectivity index (χ1) is 34.8. The Hall–Kier alpha value is -7.68. The molecule has 3 aromatic heterocycles. The molecule has 0 fully saturated rings. The van der Waals surface area contributed by atoms with Crippen molar-refractivity contribution in [1.29, 1.82) is 0 Å². The van der Waals surface area contributed by atoms with Crippen LogP contribution in [0.15, 0.2) is 238 Å². The molecule has 70 heavy (non-hydrogen) atoms. The average molecular weight is 939 g/mol. The Kier molecular flexibility index (Phi) is 7.51. The summed E-state index contributed by atoms with van der Waals surface area (Å²) in [5.74, 6) is 0.910. The van der Waals surface area contributed by atoms with Crippen molar-refractivity contribution in [2.45, 2.75) is 19.6 Å². The number of hydrogen-bond acceptors (Lipinski definition) is 3. The quantitative estimate of drug-likeness (QED) is 0.168. The van der Waals surface area contributed by atoms with Gasteiger partial charge >= 0.3 is 0 Å². The van der Waals surface area contributed by atoms with Gasteiger partial charge in [-0.2, -0.15) is 0 Å². The largest absolute Gasteiger partial charge is 0.307 e. The average Bonchev–Trinajstić information content (AvgIpc) is 4.07. The minimum atomic E-state index is -2.84. The fraction of sp³-hybridized carbons (Fsp3) is 0. The zero-order chi connectivity index (χ0) is 45.4. The standard InChI is InChI=1S/C61H36B2N4S2Si/c1-2-16-37(17-3-1)66-46-23-9-10-24-47(46)67-48-35-33-40-39-18-4-8-22-45(39)65(60(40)59(48)64-61(66)67)38-32-34-42-52(36-38)69-51-27-15-31-56-58(51)63(42)44-21-7-13-29-54(44)70(56)53-28-12-6-20-43(53)62-41-19-5-11-25-49(41)68-50-26-14-30-55(70)57(50)62/h1-36H. The number of imidazole rings is 2. The van der Waals surface area contributed by atoms with E-state index in [4.69, 9.17) is 4.98 Å². The predicted molar refractivity (Wildman–Crippen MR) is 298 cm³/mol. The summed E-state index contributed by atoms with van der Waals surface area (Å²) in [5, 5.41) is 8.59. The fourth-order valence-electron chi connectivity index (χ4n) is 13.6. The zero-order valence-corrected chi connectivity index (χ0v) is 40.2. The lowest BCUT2D eigenvalue weighted by molar-refractivity contribution is 1.11. The van der Waals surface area contributed by atoms with Crippen LogP contribution in [-0.4, -0.2) is 40.0 Å². The molecule has 9 heteroatoms. The van der Waals surface area contributed by atoms with Crippen LogP contribution >= 0.6 is 23.5 Å². The fourth-order valence-corrected chi connectivity index (χ4v) is 21.9.